The molecule has 0 saturated carbocycles. The number of imidazole rings is 1. The SMILES string of the molecule is Cc1ccnc(SC[C@@H](C)Cn2c(Br)nc3c2c(=O)[nH]c(=O)n3C)n1. The average Bonchev–Trinajstić information content (AvgIpc) is 2.88. The van der Waals surface area contributed by atoms with Crippen LogP contribution in [0.2, 0.25) is 0 Å². The highest BCUT2D eigenvalue weighted by Gasteiger charge is 2.17. The fourth-order valence-corrected chi connectivity index (χ4v) is 3.82. The van der Waals surface area contributed by atoms with Gasteiger partial charge >= 0.3 is 5.69 Å². The minimum atomic E-state index is -0.477. The lowest BCUT2D eigenvalue weighted by molar-refractivity contribution is 0.532. The minimum Gasteiger partial charge on any atom is -0.312 e. The van der Waals surface area contributed by atoms with Gasteiger partial charge in [0.05, 0.1) is 0 Å². The lowest BCUT2D eigenvalue weighted by atomic mass is 10.2. The molecular formula is C15H17BrN6O2S. The van der Waals surface area contributed by atoms with Gasteiger partial charge in [-0.15, -0.1) is 0 Å². The summed E-state index contributed by atoms with van der Waals surface area (Å²) < 4.78 is 3.64. The van der Waals surface area contributed by atoms with E-state index in [0.717, 1.165) is 16.6 Å². The standard InChI is InChI=1S/C15H17BrN6O2S/c1-8(7-25-14-17-5-4-9(2)18-14)6-22-10-11(19-13(22)16)21(3)15(24)20-12(10)23/h4-5,8H,6-7H2,1-3H3,(H,20,23,24)/t8-/m0/s1. The van der Waals surface area contributed by atoms with Crippen molar-refractivity contribution in [1.29, 1.82) is 0 Å². The second-order valence-corrected chi connectivity index (χ2v) is 7.58. The van der Waals surface area contributed by atoms with Crippen molar-refractivity contribution in [1.82, 2.24) is 29.1 Å². The molecule has 0 spiro atoms. The average molecular weight is 425 g/mol. The van der Waals surface area contributed by atoms with Gasteiger partial charge in [-0.05, 0) is 34.8 Å². The summed E-state index contributed by atoms with van der Waals surface area (Å²) in [5.74, 6) is 1.03. The number of fused-ring (bicyclic) bond motifs is 1. The summed E-state index contributed by atoms with van der Waals surface area (Å²) in [5.41, 5.74) is 0.772. The normalized spacial score (nSPS) is 12.6. The largest absolute Gasteiger partial charge is 0.329 e. The number of hydrogen-bond acceptors (Lipinski definition) is 6. The fraction of sp³-hybridized carbons (Fsp3) is 0.400. The number of nitrogens with zero attached hydrogens (tertiary/aromatic N) is 5. The summed E-state index contributed by atoms with van der Waals surface area (Å²) >= 11 is 4.96. The summed E-state index contributed by atoms with van der Waals surface area (Å²) in [5, 5.41) is 0.738. The van der Waals surface area contributed by atoms with Gasteiger partial charge in [0.25, 0.3) is 5.56 Å². The molecule has 0 unspecified atom stereocenters. The molecule has 0 aliphatic carbocycles. The van der Waals surface area contributed by atoms with E-state index < -0.39 is 11.2 Å². The molecule has 0 aliphatic rings. The quantitative estimate of drug-likeness (QED) is 0.380. The number of aromatic amines is 1. The van der Waals surface area contributed by atoms with E-state index in [9.17, 15) is 9.59 Å². The van der Waals surface area contributed by atoms with E-state index in [1.165, 1.54) is 4.57 Å². The molecule has 0 fully saturated rings. The maximum absolute atomic E-state index is 12.2. The highest BCUT2D eigenvalue weighted by atomic mass is 79.9. The van der Waals surface area contributed by atoms with Crippen LogP contribution in [0.5, 0.6) is 0 Å². The highest BCUT2D eigenvalue weighted by Crippen LogP contribution is 2.21. The van der Waals surface area contributed by atoms with E-state index >= 15 is 0 Å². The molecule has 3 aromatic heterocycles. The summed E-state index contributed by atoms with van der Waals surface area (Å²) in [7, 11) is 1.58. The molecule has 132 valence electrons. The molecule has 3 heterocycles. The Bertz CT molecular complexity index is 1040. The van der Waals surface area contributed by atoms with Gasteiger partial charge in [0.15, 0.2) is 21.1 Å². The Kier molecular flexibility index (Phi) is 5.09. The summed E-state index contributed by atoms with van der Waals surface area (Å²) in [6, 6.07) is 1.86. The molecule has 0 bridgehead atoms. The van der Waals surface area contributed by atoms with Gasteiger partial charge in [0, 0.05) is 31.2 Å². The van der Waals surface area contributed by atoms with Crippen LogP contribution in [0, 0.1) is 12.8 Å². The first kappa shape index (κ1) is 17.9. The monoisotopic (exact) mass is 424 g/mol. The van der Waals surface area contributed by atoms with Crippen molar-refractivity contribution >= 4 is 38.9 Å². The van der Waals surface area contributed by atoms with E-state index in [4.69, 9.17) is 0 Å². The first-order chi connectivity index (χ1) is 11.9. The van der Waals surface area contributed by atoms with E-state index in [0.29, 0.717) is 22.4 Å². The van der Waals surface area contributed by atoms with Crippen LogP contribution in [0.4, 0.5) is 0 Å². The van der Waals surface area contributed by atoms with E-state index in [-0.39, 0.29) is 5.92 Å². The van der Waals surface area contributed by atoms with Crippen molar-refractivity contribution in [2.75, 3.05) is 5.75 Å². The molecule has 3 rings (SSSR count). The molecule has 0 aromatic carbocycles. The zero-order valence-electron chi connectivity index (χ0n) is 14.0. The number of aryl methyl sites for hydroxylation is 2. The zero-order chi connectivity index (χ0) is 18.1. The Balaban J connectivity index is 1.83. The van der Waals surface area contributed by atoms with Crippen LogP contribution in [-0.4, -0.2) is 34.8 Å². The highest BCUT2D eigenvalue weighted by molar-refractivity contribution is 9.10. The van der Waals surface area contributed by atoms with Crippen LogP contribution < -0.4 is 11.2 Å². The molecule has 25 heavy (non-hydrogen) atoms. The number of H-pyrrole nitrogens is 1. The Morgan fingerprint density at radius 3 is 2.84 bits per heavy atom. The van der Waals surface area contributed by atoms with Crippen molar-refractivity contribution in [2.45, 2.75) is 25.5 Å². The molecule has 10 heteroatoms. The second-order valence-electron chi connectivity index (χ2n) is 5.88. The maximum Gasteiger partial charge on any atom is 0.329 e. The third-order valence-corrected chi connectivity index (χ3v) is 5.52. The minimum absolute atomic E-state index is 0.236. The predicted octanol–water partition coefficient (Wildman–Crippen LogP) is 1.71. The van der Waals surface area contributed by atoms with Crippen molar-refractivity contribution < 1.29 is 0 Å². The summed E-state index contributed by atoms with van der Waals surface area (Å²) in [6.45, 7) is 4.59. The topological polar surface area (TPSA) is 98.5 Å². The van der Waals surface area contributed by atoms with Crippen LogP contribution in [-0.2, 0) is 13.6 Å². The van der Waals surface area contributed by atoms with Gasteiger partial charge in [-0.3, -0.25) is 14.3 Å². The molecule has 0 radical (unpaired) electrons. The van der Waals surface area contributed by atoms with Crippen molar-refractivity contribution in [3.63, 3.8) is 0 Å². The number of halogens is 1. The Labute approximate surface area is 155 Å². The summed E-state index contributed by atoms with van der Waals surface area (Å²) in [6.07, 6.45) is 1.75. The molecule has 1 N–H and O–H groups in total. The Morgan fingerprint density at radius 2 is 2.12 bits per heavy atom. The maximum atomic E-state index is 12.2. The number of rotatable bonds is 5. The molecule has 0 aliphatic heterocycles. The lowest BCUT2D eigenvalue weighted by Gasteiger charge is -2.13. The second kappa shape index (κ2) is 7.12. The van der Waals surface area contributed by atoms with Gasteiger partial charge in [-0.1, -0.05) is 18.7 Å². The van der Waals surface area contributed by atoms with Crippen molar-refractivity contribution in [3.05, 3.63) is 43.5 Å². The molecule has 0 saturated heterocycles. The molecule has 8 nitrogen and oxygen atoms in total. The predicted molar refractivity (Wildman–Crippen MR) is 100.0 cm³/mol. The van der Waals surface area contributed by atoms with E-state index in [1.807, 2.05) is 13.0 Å². The van der Waals surface area contributed by atoms with Gasteiger partial charge in [0.2, 0.25) is 0 Å². The van der Waals surface area contributed by atoms with Crippen LogP contribution in [0.3, 0.4) is 0 Å². The van der Waals surface area contributed by atoms with Crippen molar-refractivity contribution in [2.24, 2.45) is 13.0 Å². The van der Waals surface area contributed by atoms with Crippen LogP contribution in [0.25, 0.3) is 11.2 Å². The number of thioether (sulfide) groups is 1. The first-order valence-electron chi connectivity index (χ1n) is 7.64. The third-order valence-electron chi connectivity index (χ3n) is 3.72. The number of aromatic nitrogens is 6. The van der Waals surface area contributed by atoms with Gasteiger partial charge in [-0.2, -0.15) is 0 Å². The van der Waals surface area contributed by atoms with Crippen LogP contribution in [0.1, 0.15) is 12.6 Å². The van der Waals surface area contributed by atoms with Crippen molar-refractivity contribution in [3.8, 4) is 0 Å². The lowest BCUT2D eigenvalue weighted by Crippen LogP contribution is -2.29. The first-order valence-corrected chi connectivity index (χ1v) is 9.42. The van der Waals surface area contributed by atoms with E-state index in [2.05, 4.69) is 42.8 Å². The van der Waals surface area contributed by atoms with Crippen LogP contribution in [0.15, 0.2) is 31.7 Å². The molecular weight excluding hydrogens is 408 g/mol. The third kappa shape index (κ3) is 3.69. The smallest absolute Gasteiger partial charge is 0.312 e. The van der Waals surface area contributed by atoms with Gasteiger partial charge in [-0.25, -0.2) is 19.7 Å². The van der Waals surface area contributed by atoms with Gasteiger partial charge < -0.3 is 4.57 Å². The number of hydrogen-bond donors (Lipinski definition) is 1. The zero-order valence-corrected chi connectivity index (χ0v) is 16.4. The summed E-state index contributed by atoms with van der Waals surface area (Å²) in [4.78, 5) is 39.2. The molecule has 1 atom stereocenters. The number of nitrogens with one attached hydrogen (secondary N) is 1. The van der Waals surface area contributed by atoms with Crippen LogP contribution >= 0.6 is 27.7 Å². The van der Waals surface area contributed by atoms with Gasteiger partial charge in [0.1, 0.15) is 0 Å². The Morgan fingerprint density at radius 1 is 1.36 bits per heavy atom. The molecule has 3 aromatic rings. The molecule has 0 amide bonds. The fourth-order valence-electron chi connectivity index (χ4n) is 2.45. The van der Waals surface area contributed by atoms with E-state index in [1.54, 1.807) is 29.6 Å². The Hall–Kier alpha value is -1.94.